The van der Waals surface area contributed by atoms with Crippen LogP contribution in [0.25, 0.3) is 0 Å². The predicted octanol–water partition coefficient (Wildman–Crippen LogP) is 2.99. The Labute approximate surface area is 110 Å². The maximum atomic E-state index is 12.5. The van der Waals surface area contributed by atoms with Gasteiger partial charge in [-0.15, -0.1) is 0 Å². The Morgan fingerprint density at radius 2 is 2.00 bits per heavy atom. The second-order valence-corrected chi connectivity index (χ2v) is 4.36. The molecule has 0 radical (unpaired) electrons. The minimum Gasteiger partial charge on any atom is -0.398 e. The first-order chi connectivity index (χ1) is 8.76. The molecule has 1 amide bonds. The first kappa shape index (κ1) is 15.3. The average Bonchev–Trinajstić information content (AvgIpc) is 2.30. The molecule has 0 bridgehead atoms. The number of nitrogens with zero attached hydrogens (tertiary/aromatic N) is 1. The van der Waals surface area contributed by atoms with Crippen molar-refractivity contribution in [1.29, 1.82) is 0 Å². The number of carbonyl (C=O) groups excluding carboxylic acids is 1. The van der Waals surface area contributed by atoms with Gasteiger partial charge in [0.1, 0.15) is 6.54 Å². The van der Waals surface area contributed by atoms with Gasteiger partial charge in [0.25, 0.3) is 5.91 Å². The molecular formula is C13H17F3N2O. The number of amides is 1. The molecule has 0 aromatic heterocycles. The molecule has 3 nitrogen and oxygen atoms in total. The first-order valence-electron chi connectivity index (χ1n) is 5.97. The molecule has 0 fully saturated rings. The molecular weight excluding hydrogens is 257 g/mol. The third-order valence-corrected chi connectivity index (χ3v) is 2.76. The fourth-order valence-electron chi connectivity index (χ4n) is 1.79. The summed E-state index contributed by atoms with van der Waals surface area (Å²) in [5, 5.41) is 0. The van der Waals surface area contributed by atoms with Crippen molar-refractivity contribution in [3.8, 4) is 0 Å². The van der Waals surface area contributed by atoms with Crippen molar-refractivity contribution in [2.45, 2.75) is 26.4 Å². The lowest BCUT2D eigenvalue weighted by molar-refractivity contribution is -0.140. The Balaban J connectivity index is 3.02. The standard InChI is InChI=1S/C13H17F3N2O/c1-3-7-18(8-13(14,15)16)12(19)10-5-4-6-11(17)9(10)2/h4-6H,3,7-8,17H2,1-2H3. The zero-order valence-corrected chi connectivity index (χ0v) is 10.9. The molecule has 0 saturated heterocycles. The van der Waals surface area contributed by atoms with Gasteiger partial charge in [0.05, 0.1) is 0 Å². The van der Waals surface area contributed by atoms with Gasteiger partial charge < -0.3 is 10.6 Å². The molecule has 0 unspecified atom stereocenters. The van der Waals surface area contributed by atoms with Gasteiger partial charge in [-0.1, -0.05) is 13.0 Å². The van der Waals surface area contributed by atoms with Crippen LogP contribution in [0, 0.1) is 6.92 Å². The summed E-state index contributed by atoms with van der Waals surface area (Å²) in [7, 11) is 0. The van der Waals surface area contributed by atoms with E-state index in [0.717, 1.165) is 4.90 Å². The van der Waals surface area contributed by atoms with Gasteiger partial charge in [-0.05, 0) is 31.0 Å². The summed E-state index contributed by atoms with van der Waals surface area (Å²) in [5.74, 6) is -0.635. The zero-order valence-electron chi connectivity index (χ0n) is 10.9. The van der Waals surface area contributed by atoms with E-state index in [-0.39, 0.29) is 12.1 Å². The van der Waals surface area contributed by atoms with Gasteiger partial charge in [-0.3, -0.25) is 4.79 Å². The molecule has 2 N–H and O–H groups in total. The van der Waals surface area contributed by atoms with E-state index in [2.05, 4.69) is 0 Å². The van der Waals surface area contributed by atoms with Crippen molar-refractivity contribution in [1.82, 2.24) is 4.90 Å². The van der Waals surface area contributed by atoms with Crippen LogP contribution in [-0.2, 0) is 0 Å². The zero-order chi connectivity index (χ0) is 14.6. The van der Waals surface area contributed by atoms with Gasteiger partial charge in [0, 0.05) is 17.8 Å². The van der Waals surface area contributed by atoms with E-state index in [4.69, 9.17) is 5.73 Å². The fraction of sp³-hybridized carbons (Fsp3) is 0.462. The Morgan fingerprint density at radius 3 is 2.53 bits per heavy atom. The SMILES string of the molecule is CCCN(CC(F)(F)F)C(=O)c1cccc(N)c1C. The van der Waals surface area contributed by atoms with Crippen molar-refractivity contribution >= 4 is 11.6 Å². The quantitative estimate of drug-likeness (QED) is 0.858. The fourth-order valence-corrected chi connectivity index (χ4v) is 1.79. The highest BCUT2D eigenvalue weighted by Gasteiger charge is 2.33. The van der Waals surface area contributed by atoms with Crippen molar-refractivity contribution in [3.63, 3.8) is 0 Å². The maximum Gasteiger partial charge on any atom is 0.406 e. The second-order valence-electron chi connectivity index (χ2n) is 4.36. The molecule has 0 aliphatic rings. The molecule has 1 rings (SSSR count). The van der Waals surface area contributed by atoms with Crippen LogP contribution < -0.4 is 5.73 Å². The smallest absolute Gasteiger partial charge is 0.398 e. The van der Waals surface area contributed by atoms with Crippen molar-refractivity contribution in [2.75, 3.05) is 18.8 Å². The average molecular weight is 274 g/mol. The van der Waals surface area contributed by atoms with Crippen LogP contribution in [0.2, 0.25) is 0 Å². The minimum absolute atomic E-state index is 0.0621. The predicted molar refractivity (Wildman–Crippen MR) is 67.8 cm³/mol. The first-order valence-corrected chi connectivity index (χ1v) is 5.97. The Bertz CT molecular complexity index is 458. The van der Waals surface area contributed by atoms with Crippen molar-refractivity contribution < 1.29 is 18.0 Å². The second kappa shape index (κ2) is 5.95. The van der Waals surface area contributed by atoms with Crippen LogP contribution in [0.1, 0.15) is 29.3 Å². The van der Waals surface area contributed by atoms with E-state index in [1.165, 1.54) is 6.07 Å². The summed E-state index contributed by atoms with van der Waals surface area (Å²) >= 11 is 0. The minimum atomic E-state index is -4.40. The monoisotopic (exact) mass is 274 g/mol. The lowest BCUT2D eigenvalue weighted by Crippen LogP contribution is -2.39. The van der Waals surface area contributed by atoms with Gasteiger partial charge in [0.2, 0.25) is 0 Å². The third kappa shape index (κ3) is 4.15. The summed E-state index contributed by atoms with van der Waals surface area (Å²) in [5.41, 5.74) is 6.79. The lowest BCUT2D eigenvalue weighted by Gasteiger charge is -2.24. The number of benzene rings is 1. The molecule has 1 aromatic rings. The number of halogens is 3. The Hall–Kier alpha value is -1.72. The van der Waals surface area contributed by atoms with Crippen LogP contribution in [0.5, 0.6) is 0 Å². The van der Waals surface area contributed by atoms with Crippen LogP contribution in [0.15, 0.2) is 18.2 Å². The van der Waals surface area contributed by atoms with Gasteiger partial charge in [-0.2, -0.15) is 13.2 Å². The number of rotatable bonds is 4. The van der Waals surface area contributed by atoms with Gasteiger partial charge in [0.15, 0.2) is 0 Å². The number of nitrogen functional groups attached to an aromatic ring is 1. The van der Waals surface area contributed by atoms with E-state index >= 15 is 0 Å². The van der Waals surface area contributed by atoms with E-state index < -0.39 is 18.6 Å². The highest BCUT2D eigenvalue weighted by molar-refractivity contribution is 5.96. The van der Waals surface area contributed by atoms with E-state index in [1.54, 1.807) is 26.0 Å². The summed E-state index contributed by atoms with van der Waals surface area (Å²) in [4.78, 5) is 13.0. The summed E-state index contributed by atoms with van der Waals surface area (Å²) in [6, 6.07) is 4.67. The molecule has 0 heterocycles. The molecule has 1 aromatic carbocycles. The largest absolute Gasteiger partial charge is 0.406 e. The highest BCUT2D eigenvalue weighted by atomic mass is 19.4. The van der Waals surface area contributed by atoms with Crippen molar-refractivity contribution in [3.05, 3.63) is 29.3 Å². The number of anilines is 1. The third-order valence-electron chi connectivity index (χ3n) is 2.76. The summed E-state index contributed by atoms with van der Waals surface area (Å²) in [6.45, 7) is 2.17. The van der Waals surface area contributed by atoms with Gasteiger partial charge >= 0.3 is 6.18 Å². The molecule has 0 spiro atoms. The van der Waals surface area contributed by atoms with Crippen LogP contribution in [0.3, 0.4) is 0 Å². The molecule has 19 heavy (non-hydrogen) atoms. The number of carbonyl (C=O) groups is 1. The topological polar surface area (TPSA) is 46.3 Å². The van der Waals surface area contributed by atoms with E-state index in [9.17, 15) is 18.0 Å². The Kier molecular flexibility index (Phi) is 4.80. The molecule has 0 saturated carbocycles. The Morgan fingerprint density at radius 1 is 1.37 bits per heavy atom. The van der Waals surface area contributed by atoms with Crippen LogP contribution >= 0.6 is 0 Å². The number of hydrogen-bond donors (Lipinski definition) is 1. The summed E-state index contributed by atoms with van der Waals surface area (Å²) < 4.78 is 37.4. The van der Waals surface area contributed by atoms with E-state index in [1.807, 2.05) is 0 Å². The normalized spacial score (nSPS) is 11.4. The van der Waals surface area contributed by atoms with Crippen LogP contribution in [0.4, 0.5) is 18.9 Å². The maximum absolute atomic E-state index is 12.5. The highest BCUT2D eigenvalue weighted by Crippen LogP contribution is 2.21. The van der Waals surface area contributed by atoms with Gasteiger partial charge in [-0.25, -0.2) is 0 Å². The molecule has 106 valence electrons. The molecule has 0 atom stereocenters. The van der Waals surface area contributed by atoms with Crippen molar-refractivity contribution in [2.24, 2.45) is 0 Å². The number of nitrogens with two attached hydrogens (primary N) is 1. The van der Waals surface area contributed by atoms with E-state index in [0.29, 0.717) is 17.7 Å². The number of hydrogen-bond acceptors (Lipinski definition) is 2. The lowest BCUT2D eigenvalue weighted by atomic mass is 10.1. The summed E-state index contributed by atoms with van der Waals surface area (Å²) in [6.07, 6.45) is -3.94. The molecule has 0 aliphatic heterocycles. The molecule has 0 aliphatic carbocycles. The molecule has 6 heteroatoms. The van der Waals surface area contributed by atoms with Crippen LogP contribution in [-0.4, -0.2) is 30.1 Å². The number of alkyl halides is 3.